The molecule has 1 aromatic carbocycles. The van der Waals surface area contributed by atoms with Crippen molar-refractivity contribution < 1.29 is 5.11 Å². The molecule has 0 heterocycles. The van der Waals surface area contributed by atoms with Gasteiger partial charge in [0.15, 0.2) is 0 Å². The van der Waals surface area contributed by atoms with Gasteiger partial charge < -0.3 is 5.11 Å². The second-order valence-corrected chi connectivity index (χ2v) is 3.90. The van der Waals surface area contributed by atoms with Crippen molar-refractivity contribution in [2.45, 2.75) is 20.0 Å². The van der Waals surface area contributed by atoms with Gasteiger partial charge in [-0.05, 0) is 37.1 Å². The quantitative estimate of drug-likeness (QED) is 0.786. The fourth-order valence-corrected chi connectivity index (χ4v) is 1.33. The van der Waals surface area contributed by atoms with Gasteiger partial charge in [0, 0.05) is 4.47 Å². The zero-order valence-electron chi connectivity index (χ0n) is 7.79. The molecule has 0 aliphatic heterocycles. The predicted molar refractivity (Wildman–Crippen MR) is 58.5 cm³/mol. The molecule has 2 heteroatoms. The Labute approximate surface area is 87.2 Å². The van der Waals surface area contributed by atoms with E-state index in [2.05, 4.69) is 15.9 Å². The summed E-state index contributed by atoms with van der Waals surface area (Å²) in [6.45, 7) is 3.85. The molecule has 0 aromatic heterocycles. The van der Waals surface area contributed by atoms with E-state index in [4.69, 9.17) is 0 Å². The van der Waals surface area contributed by atoms with Gasteiger partial charge in [0.25, 0.3) is 0 Å². The summed E-state index contributed by atoms with van der Waals surface area (Å²) in [6.07, 6.45) is 1.45. The normalized spacial score (nSPS) is 14.3. The molecule has 0 saturated carbocycles. The van der Waals surface area contributed by atoms with Crippen LogP contribution in [-0.2, 0) is 0 Å². The van der Waals surface area contributed by atoms with Crippen LogP contribution in [0.4, 0.5) is 0 Å². The first-order valence-corrected chi connectivity index (χ1v) is 5.00. The first-order valence-electron chi connectivity index (χ1n) is 4.21. The van der Waals surface area contributed by atoms with Crippen LogP contribution in [0, 0.1) is 0 Å². The number of hydrogen-bond donors (Lipinski definition) is 1. The maximum Gasteiger partial charge on any atom is 0.0998 e. The Morgan fingerprint density at radius 2 is 1.92 bits per heavy atom. The number of hydrogen-bond acceptors (Lipinski definition) is 1. The van der Waals surface area contributed by atoms with Gasteiger partial charge in [-0.15, -0.1) is 0 Å². The van der Waals surface area contributed by atoms with Gasteiger partial charge in [-0.2, -0.15) is 0 Å². The van der Waals surface area contributed by atoms with Crippen molar-refractivity contribution in [2.24, 2.45) is 0 Å². The van der Waals surface area contributed by atoms with Crippen molar-refractivity contribution in [2.75, 3.05) is 0 Å². The highest BCUT2D eigenvalue weighted by Gasteiger charge is 2.07. The van der Waals surface area contributed by atoms with E-state index in [0.29, 0.717) is 0 Å². The largest absolute Gasteiger partial charge is 0.384 e. The molecule has 70 valence electrons. The van der Waals surface area contributed by atoms with Crippen molar-refractivity contribution in [3.05, 3.63) is 46.0 Å². The van der Waals surface area contributed by atoms with Crippen molar-refractivity contribution in [3.63, 3.8) is 0 Å². The van der Waals surface area contributed by atoms with Crippen LogP contribution < -0.4 is 0 Å². The summed E-state index contributed by atoms with van der Waals surface area (Å²) in [4.78, 5) is 0. The lowest BCUT2D eigenvalue weighted by atomic mass is 10.0. The van der Waals surface area contributed by atoms with E-state index < -0.39 is 6.10 Å². The van der Waals surface area contributed by atoms with Crippen LogP contribution in [0.15, 0.2) is 40.4 Å². The lowest BCUT2D eigenvalue weighted by Crippen LogP contribution is -1.97. The number of benzene rings is 1. The van der Waals surface area contributed by atoms with E-state index in [9.17, 15) is 5.11 Å². The fraction of sp³-hybridized carbons (Fsp3) is 0.273. The molecule has 0 fully saturated rings. The van der Waals surface area contributed by atoms with Crippen LogP contribution in [0.3, 0.4) is 0 Å². The van der Waals surface area contributed by atoms with E-state index in [1.54, 1.807) is 0 Å². The van der Waals surface area contributed by atoms with Crippen LogP contribution in [0.25, 0.3) is 0 Å². The van der Waals surface area contributed by atoms with Crippen LogP contribution in [-0.4, -0.2) is 5.11 Å². The lowest BCUT2D eigenvalue weighted by Gasteiger charge is -2.10. The number of halogens is 1. The minimum absolute atomic E-state index is 0.474. The molecule has 0 amide bonds. The molecular weight excluding hydrogens is 228 g/mol. The summed E-state index contributed by atoms with van der Waals surface area (Å²) >= 11 is 3.35. The van der Waals surface area contributed by atoms with Gasteiger partial charge in [-0.25, -0.2) is 0 Å². The van der Waals surface area contributed by atoms with E-state index in [1.807, 2.05) is 44.2 Å². The Morgan fingerprint density at radius 1 is 1.38 bits per heavy atom. The molecule has 0 spiro atoms. The summed E-state index contributed by atoms with van der Waals surface area (Å²) in [6, 6.07) is 7.70. The number of aliphatic hydroxyl groups is 1. The first kappa shape index (κ1) is 10.5. The third-order valence-corrected chi connectivity index (χ3v) is 2.60. The summed E-state index contributed by atoms with van der Waals surface area (Å²) in [5.41, 5.74) is 1.90. The predicted octanol–water partition coefficient (Wildman–Crippen LogP) is 3.45. The van der Waals surface area contributed by atoms with E-state index >= 15 is 0 Å². The SMILES string of the molecule is C/C=C(\C)C(O)c1ccc(Br)cc1. The minimum atomic E-state index is -0.474. The molecule has 0 aliphatic carbocycles. The summed E-state index contributed by atoms with van der Waals surface area (Å²) in [5, 5.41) is 9.80. The van der Waals surface area contributed by atoms with Crippen LogP contribution in [0.5, 0.6) is 0 Å². The van der Waals surface area contributed by atoms with E-state index in [0.717, 1.165) is 15.6 Å². The molecule has 1 aromatic rings. The molecule has 1 atom stereocenters. The molecule has 0 aliphatic rings. The third-order valence-electron chi connectivity index (χ3n) is 2.07. The fourth-order valence-electron chi connectivity index (χ4n) is 1.07. The summed E-state index contributed by atoms with van der Waals surface area (Å²) < 4.78 is 1.03. The van der Waals surface area contributed by atoms with Crippen molar-refractivity contribution in [3.8, 4) is 0 Å². The number of allylic oxidation sites excluding steroid dienone is 1. The highest BCUT2D eigenvalue weighted by atomic mass is 79.9. The number of rotatable bonds is 2. The van der Waals surface area contributed by atoms with Gasteiger partial charge in [0.1, 0.15) is 0 Å². The molecular formula is C11H13BrO. The zero-order chi connectivity index (χ0) is 9.84. The van der Waals surface area contributed by atoms with Crippen molar-refractivity contribution in [1.82, 2.24) is 0 Å². The molecule has 0 saturated heterocycles. The number of aliphatic hydroxyl groups excluding tert-OH is 1. The van der Waals surface area contributed by atoms with Gasteiger partial charge >= 0.3 is 0 Å². The molecule has 1 N–H and O–H groups in total. The Morgan fingerprint density at radius 3 is 2.38 bits per heavy atom. The van der Waals surface area contributed by atoms with Crippen LogP contribution in [0.2, 0.25) is 0 Å². The average molecular weight is 241 g/mol. The monoisotopic (exact) mass is 240 g/mol. The second kappa shape index (κ2) is 4.58. The standard InChI is InChI=1S/C11H13BrO/c1-3-8(2)11(13)9-4-6-10(12)7-5-9/h3-7,11,13H,1-2H3/b8-3+. The molecule has 0 radical (unpaired) electrons. The van der Waals surface area contributed by atoms with Crippen molar-refractivity contribution >= 4 is 15.9 Å². The summed E-state index contributed by atoms with van der Waals surface area (Å²) in [5.74, 6) is 0. The van der Waals surface area contributed by atoms with Crippen LogP contribution >= 0.6 is 15.9 Å². The third kappa shape index (κ3) is 2.68. The first-order chi connectivity index (χ1) is 6.15. The highest BCUT2D eigenvalue weighted by Crippen LogP contribution is 2.22. The van der Waals surface area contributed by atoms with Crippen LogP contribution in [0.1, 0.15) is 25.5 Å². The minimum Gasteiger partial charge on any atom is -0.384 e. The lowest BCUT2D eigenvalue weighted by molar-refractivity contribution is 0.215. The maximum absolute atomic E-state index is 9.80. The average Bonchev–Trinajstić information content (AvgIpc) is 2.17. The zero-order valence-corrected chi connectivity index (χ0v) is 9.38. The topological polar surface area (TPSA) is 20.2 Å². The molecule has 1 rings (SSSR count). The Kier molecular flexibility index (Phi) is 3.70. The summed E-state index contributed by atoms with van der Waals surface area (Å²) in [7, 11) is 0. The molecule has 0 bridgehead atoms. The highest BCUT2D eigenvalue weighted by molar-refractivity contribution is 9.10. The second-order valence-electron chi connectivity index (χ2n) is 2.99. The molecule has 1 nitrogen and oxygen atoms in total. The Bertz CT molecular complexity index is 300. The smallest absolute Gasteiger partial charge is 0.0998 e. The molecule has 13 heavy (non-hydrogen) atoms. The van der Waals surface area contributed by atoms with Gasteiger partial charge in [0.05, 0.1) is 6.10 Å². The maximum atomic E-state index is 9.80. The van der Waals surface area contributed by atoms with E-state index in [-0.39, 0.29) is 0 Å². The van der Waals surface area contributed by atoms with Gasteiger partial charge in [-0.3, -0.25) is 0 Å². The van der Waals surface area contributed by atoms with Gasteiger partial charge in [0.2, 0.25) is 0 Å². The Balaban J connectivity index is 2.89. The van der Waals surface area contributed by atoms with Gasteiger partial charge in [-0.1, -0.05) is 34.1 Å². The Hall–Kier alpha value is -0.600. The van der Waals surface area contributed by atoms with E-state index in [1.165, 1.54) is 0 Å². The molecule has 1 unspecified atom stereocenters. The van der Waals surface area contributed by atoms with Crippen molar-refractivity contribution in [1.29, 1.82) is 0 Å².